The summed E-state index contributed by atoms with van der Waals surface area (Å²) in [5, 5.41) is 2.31. The van der Waals surface area contributed by atoms with Crippen LogP contribution in [0.2, 0.25) is 0 Å². The Hall–Kier alpha value is -1.63. The van der Waals surface area contributed by atoms with Crippen molar-refractivity contribution in [3.8, 4) is 0 Å². The average molecular weight is 247 g/mol. The molecule has 1 aromatic rings. The van der Waals surface area contributed by atoms with E-state index in [2.05, 4.69) is 10.3 Å². The lowest BCUT2D eigenvalue weighted by Crippen LogP contribution is -2.31. The SMILES string of the molecule is CC(NCC(F)(F)F)c1ccc(C(N)=O)nc1. The van der Waals surface area contributed by atoms with Crippen molar-refractivity contribution >= 4 is 5.91 Å². The van der Waals surface area contributed by atoms with Crippen LogP contribution in [0.3, 0.4) is 0 Å². The summed E-state index contributed by atoms with van der Waals surface area (Å²) >= 11 is 0. The van der Waals surface area contributed by atoms with E-state index >= 15 is 0 Å². The summed E-state index contributed by atoms with van der Waals surface area (Å²) < 4.78 is 35.9. The van der Waals surface area contributed by atoms with E-state index in [9.17, 15) is 18.0 Å². The summed E-state index contributed by atoms with van der Waals surface area (Å²) in [6.45, 7) is 0.498. The lowest BCUT2D eigenvalue weighted by atomic mass is 10.1. The Morgan fingerprint density at radius 1 is 1.53 bits per heavy atom. The molecule has 0 radical (unpaired) electrons. The molecule has 0 aromatic carbocycles. The standard InChI is InChI=1S/C10H12F3N3O/c1-6(16-5-10(11,12)13)7-2-3-8(9(14)17)15-4-7/h2-4,6,16H,5H2,1H3,(H2,14,17). The molecule has 0 aliphatic carbocycles. The lowest BCUT2D eigenvalue weighted by molar-refractivity contribution is -0.126. The molecule has 1 aromatic heterocycles. The summed E-state index contributed by atoms with van der Waals surface area (Å²) in [6.07, 6.45) is -2.93. The van der Waals surface area contributed by atoms with Crippen LogP contribution >= 0.6 is 0 Å². The molecule has 17 heavy (non-hydrogen) atoms. The number of alkyl halides is 3. The van der Waals surface area contributed by atoms with Crippen LogP contribution in [-0.4, -0.2) is 23.6 Å². The van der Waals surface area contributed by atoms with Crippen LogP contribution in [-0.2, 0) is 0 Å². The lowest BCUT2D eigenvalue weighted by Gasteiger charge is -2.15. The molecule has 7 heteroatoms. The molecule has 4 nitrogen and oxygen atoms in total. The average Bonchev–Trinajstić information content (AvgIpc) is 2.25. The van der Waals surface area contributed by atoms with E-state index < -0.39 is 24.7 Å². The van der Waals surface area contributed by atoms with Gasteiger partial charge in [0.1, 0.15) is 5.69 Å². The van der Waals surface area contributed by atoms with Crippen molar-refractivity contribution in [2.45, 2.75) is 19.1 Å². The van der Waals surface area contributed by atoms with Crippen LogP contribution in [0.4, 0.5) is 13.2 Å². The van der Waals surface area contributed by atoms with E-state index in [1.807, 2.05) is 0 Å². The molecule has 1 rings (SSSR count). The highest BCUT2D eigenvalue weighted by atomic mass is 19.4. The van der Waals surface area contributed by atoms with Gasteiger partial charge in [-0.1, -0.05) is 6.07 Å². The van der Waals surface area contributed by atoms with Gasteiger partial charge in [-0.3, -0.25) is 9.78 Å². The zero-order valence-electron chi connectivity index (χ0n) is 9.08. The van der Waals surface area contributed by atoms with Gasteiger partial charge in [0, 0.05) is 12.2 Å². The summed E-state index contributed by atoms with van der Waals surface area (Å²) in [5.74, 6) is -0.674. The maximum atomic E-state index is 12.0. The summed E-state index contributed by atoms with van der Waals surface area (Å²) in [7, 11) is 0. The summed E-state index contributed by atoms with van der Waals surface area (Å²) in [4.78, 5) is 14.5. The Kier molecular flexibility index (Phi) is 4.06. The molecule has 1 amide bonds. The predicted octanol–water partition coefficient (Wildman–Crippen LogP) is 1.39. The van der Waals surface area contributed by atoms with Gasteiger partial charge >= 0.3 is 6.18 Å². The number of carbonyl (C=O) groups is 1. The highest BCUT2D eigenvalue weighted by molar-refractivity contribution is 5.90. The molecule has 0 spiro atoms. The van der Waals surface area contributed by atoms with Gasteiger partial charge in [-0.15, -0.1) is 0 Å². The number of nitrogens with zero attached hydrogens (tertiary/aromatic N) is 1. The number of amides is 1. The monoisotopic (exact) mass is 247 g/mol. The zero-order valence-corrected chi connectivity index (χ0v) is 9.08. The molecular formula is C10H12F3N3O. The minimum Gasteiger partial charge on any atom is -0.364 e. The molecule has 3 N–H and O–H groups in total. The fourth-order valence-corrected chi connectivity index (χ4v) is 1.19. The van der Waals surface area contributed by atoms with Crippen molar-refractivity contribution in [2.75, 3.05) is 6.54 Å². The highest BCUT2D eigenvalue weighted by Gasteiger charge is 2.27. The van der Waals surface area contributed by atoms with Crippen molar-refractivity contribution in [1.29, 1.82) is 0 Å². The Bertz CT molecular complexity index is 389. The fraction of sp³-hybridized carbons (Fsp3) is 0.400. The van der Waals surface area contributed by atoms with Gasteiger partial charge in [0.15, 0.2) is 0 Å². The fourth-order valence-electron chi connectivity index (χ4n) is 1.19. The number of carbonyl (C=O) groups excluding carboxylic acids is 1. The summed E-state index contributed by atoms with van der Waals surface area (Å²) in [5.41, 5.74) is 5.63. The molecule has 0 saturated heterocycles. The summed E-state index contributed by atoms with van der Waals surface area (Å²) in [6, 6.07) is 2.39. The van der Waals surface area contributed by atoms with Crippen molar-refractivity contribution in [2.24, 2.45) is 5.73 Å². The number of hydrogen-bond acceptors (Lipinski definition) is 3. The quantitative estimate of drug-likeness (QED) is 0.844. The Morgan fingerprint density at radius 2 is 2.18 bits per heavy atom. The van der Waals surface area contributed by atoms with E-state index in [1.165, 1.54) is 18.3 Å². The molecule has 1 atom stereocenters. The predicted molar refractivity (Wildman–Crippen MR) is 55.2 cm³/mol. The third kappa shape index (κ3) is 4.39. The van der Waals surface area contributed by atoms with E-state index in [4.69, 9.17) is 5.73 Å². The molecule has 0 fully saturated rings. The minimum absolute atomic E-state index is 0.0803. The van der Waals surface area contributed by atoms with Gasteiger partial charge in [0.05, 0.1) is 6.54 Å². The number of pyridine rings is 1. The maximum Gasteiger partial charge on any atom is 0.401 e. The van der Waals surface area contributed by atoms with Crippen LogP contribution in [0.1, 0.15) is 29.0 Å². The number of aromatic nitrogens is 1. The highest BCUT2D eigenvalue weighted by Crippen LogP contribution is 2.16. The van der Waals surface area contributed by atoms with E-state index in [-0.39, 0.29) is 5.69 Å². The largest absolute Gasteiger partial charge is 0.401 e. The first-order chi connectivity index (χ1) is 7.79. The third-order valence-corrected chi connectivity index (χ3v) is 2.15. The maximum absolute atomic E-state index is 12.0. The normalized spacial score (nSPS) is 13.4. The molecule has 0 aliphatic heterocycles. The number of nitrogens with one attached hydrogen (secondary N) is 1. The third-order valence-electron chi connectivity index (χ3n) is 2.15. The van der Waals surface area contributed by atoms with Crippen LogP contribution in [0, 0.1) is 0 Å². The van der Waals surface area contributed by atoms with Crippen LogP contribution in [0.15, 0.2) is 18.3 Å². The van der Waals surface area contributed by atoms with Gasteiger partial charge in [0.2, 0.25) is 0 Å². The van der Waals surface area contributed by atoms with E-state index in [0.717, 1.165) is 0 Å². The van der Waals surface area contributed by atoms with Gasteiger partial charge in [-0.05, 0) is 18.6 Å². The van der Waals surface area contributed by atoms with Crippen LogP contribution in [0.5, 0.6) is 0 Å². The zero-order chi connectivity index (χ0) is 13.1. The topological polar surface area (TPSA) is 68.0 Å². The second kappa shape index (κ2) is 5.13. The van der Waals surface area contributed by atoms with Gasteiger partial charge in [-0.2, -0.15) is 13.2 Å². The first-order valence-electron chi connectivity index (χ1n) is 4.85. The van der Waals surface area contributed by atoms with Crippen LogP contribution in [0.25, 0.3) is 0 Å². The number of halogens is 3. The van der Waals surface area contributed by atoms with E-state index in [1.54, 1.807) is 6.92 Å². The number of nitrogens with two attached hydrogens (primary N) is 1. The van der Waals surface area contributed by atoms with Crippen LogP contribution < -0.4 is 11.1 Å². The first-order valence-corrected chi connectivity index (χ1v) is 4.85. The molecular weight excluding hydrogens is 235 g/mol. The number of hydrogen-bond donors (Lipinski definition) is 2. The van der Waals surface area contributed by atoms with Crippen molar-refractivity contribution in [3.05, 3.63) is 29.6 Å². The van der Waals surface area contributed by atoms with Crippen molar-refractivity contribution in [3.63, 3.8) is 0 Å². The van der Waals surface area contributed by atoms with Gasteiger partial charge in [0.25, 0.3) is 5.91 Å². The van der Waals surface area contributed by atoms with E-state index in [0.29, 0.717) is 5.56 Å². The molecule has 94 valence electrons. The van der Waals surface area contributed by atoms with Crippen molar-refractivity contribution < 1.29 is 18.0 Å². The Morgan fingerprint density at radius 3 is 2.59 bits per heavy atom. The van der Waals surface area contributed by atoms with Gasteiger partial charge in [-0.25, -0.2) is 0 Å². The second-order valence-corrected chi connectivity index (χ2v) is 3.56. The smallest absolute Gasteiger partial charge is 0.364 e. The molecule has 1 heterocycles. The minimum atomic E-state index is -4.26. The first kappa shape index (κ1) is 13.4. The number of rotatable bonds is 4. The molecule has 0 saturated carbocycles. The molecule has 1 unspecified atom stereocenters. The van der Waals surface area contributed by atoms with Crippen molar-refractivity contribution in [1.82, 2.24) is 10.3 Å². The molecule has 0 aliphatic rings. The van der Waals surface area contributed by atoms with Gasteiger partial charge < -0.3 is 11.1 Å². The Balaban J connectivity index is 2.63. The Labute approximate surface area is 96.0 Å². The number of primary amides is 1. The molecule has 0 bridgehead atoms. The second-order valence-electron chi connectivity index (χ2n) is 3.56.